The number of amides is 3. The molecular formula is C17H30N4O2. The molecule has 1 unspecified atom stereocenters. The summed E-state index contributed by atoms with van der Waals surface area (Å²) < 4.78 is 0. The Bertz CT molecular complexity index is 428. The van der Waals surface area contributed by atoms with E-state index < -0.39 is 0 Å². The summed E-state index contributed by atoms with van der Waals surface area (Å²) in [4.78, 5) is 28.5. The quantitative estimate of drug-likeness (QED) is 0.820. The molecule has 0 radical (unpaired) electrons. The molecule has 23 heavy (non-hydrogen) atoms. The minimum absolute atomic E-state index is 0.0646. The number of hydrogen-bond donors (Lipinski definition) is 2. The maximum absolute atomic E-state index is 12.5. The largest absolute Gasteiger partial charge is 0.352 e. The van der Waals surface area contributed by atoms with Crippen molar-refractivity contribution in [1.29, 1.82) is 0 Å². The van der Waals surface area contributed by atoms with Crippen molar-refractivity contribution < 1.29 is 9.59 Å². The second-order valence-corrected chi connectivity index (χ2v) is 7.21. The van der Waals surface area contributed by atoms with E-state index in [1.807, 2.05) is 11.8 Å². The van der Waals surface area contributed by atoms with Crippen LogP contribution in [-0.4, -0.2) is 66.0 Å². The average molecular weight is 322 g/mol. The lowest BCUT2D eigenvalue weighted by Gasteiger charge is -2.38. The molecule has 0 aromatic rings. The van der Waals surface area contributed by atoms with Crippen LogP contribution in [0.25, 0.3) is 0 Å². The van der Waals surface area contributed by atoms with Crippen molar-refractivity contribution in [2.24, 2.45) is 0 Å². The molecule has 6 heteroatoms. The lowest BCUT2D eigenvalue weighted by molar-refractivity contribution is -0.127. The minimum Gasteiger partial charge on any atom is -0.352 e. The Morgan fingerprint density at radius 2 is 1.83 bits per heavy atom. The highest BCUT2D eigenvalue weighted by molar-refractivity contribution is 5.81. The van der Waals surface area contributed by atoms with Crippen LogP contribution in [0.15, 0.2) is 0 Å². The van der Waals surface area contributed by atoms with Gasteiger partial charge in [-0.1, -0.05) is 19.3 Å². The Labute approximate surface area is 139 Å². The first-order valence-electron chi connectivity index (χ1n) is 9.24. The molecule has 0 aromatic carbocycles. The van der Waals surface area contributed by atoms with Gasteiger partial charge in [-0.3, -0.25) is 9.69 Å². The molecule has 3 fully saturated rings. The maximum atomic E-state index is 12.5. The zero-order chi connectivity index (χ0) is 16.2. The number of carbonyl (C=O) groups excluding carboxylic acids is 2. The van der Waals surface area contributed by atoms with Crippen LogP contribution in [-0.2, 0) is 4.79 Å². The van der Waals surface area contributed by atoms with E-state index in [4.69, 9.17) is 0 Å². The molecule has 0 bridgehead atoms. The third-order valence-corrected chi connectivity index (χ3v) is 5.71. The molecule has 2 heterocycles. The molecule has 2 N–H and O–H groups in total. The molecule has 3 aliphatic rings. The van der Waals surface area contributed by atoms with Crippen LogP contribution in [0, 0.1) is 0 Å². The third-order valence-electron chi connectivity index (χ3n) is 5.71. The minimum atomic E-state index is -0.0646. The van der Waals surface area contributed by atoms with Crippen LogP contribution in [0.3, 0.4) is 0 Å². The van der Waals surface area contributed by atoms with Crippen LogP contribution in [0.1, 0.15) is 51.9 Å². The normalized spacial score (nSPS) is 26.1. The summed E-state index contributed by atoms with van der Waals surface area (Å²) in [6.07, 6.45) is 7.98. The Kier molecular flexibility index (Phi) is 5.41. The molecule has 2 saturated heterocycles. The number of piperidine rings is 1. The first-order chi connectivity index (χ1) is 11.1. The molecular weight excluding hydrogens is 292 g/mol. The van der Waals surface area contributed by atoms with E-state index in [0.29, 0.717) is 12.1 Å². The number of hydrogen-bond acceptors (Lipinski definition) is 3. The number of nitrogens with one attached hydrogen (secondary N) is 2. The summed E-state index contributed by atoms with van der Waals surface area (Å²) in [6, 6.07) is 0.726. The van der Waals surface area contributed by atoms with Crippen LogP contribution >= 0.6 is 0 Å². The van der Waals surface area contributed by atoms with Gasteiger partial charge in [-0.15, -0.1) is 0 Å². The van der Waals surface area contributed by atoms with Crippen molar-refractivity contribution in [1.82, 2.24) is 20.4 Å². The molecule has 0 aromatic heterocycles. The highest BCUT2D eigenvalue weighted by atomic mass is 16.2. The highest BCUT2D eigenvalue weighted by Gasteiger charge is 2.33. The van der Waals surface area contributed by atoms with Crippen molar-refractivity contribution in [3.05, 3.63) is 0 Å². The fraction of sp³-hybridized carbons (Fsp3) is 0.882. The summed E-state index contributed by atoms with van der Waals surface area (Å²) in [6.45, 7) is 5.39. The van der Waals surface area contributed by atoms with Crippen LogP contribution in [0.2, 0.25) is 0 Å². The Morgan fingerprint density at radius 3 is 2.43 bits per heavy atom. The molecule has 1 saturated carbocycles. The summed E-state index contributed by atoms with van der Waals surface area (Å²) in [5, 5.41) is 6.11. The van der Waals surface area contributed by atoms with Gasteiger partial charge in [0.05, 0.1) is 6.04 Å². The average Bonchev–Trinajstić information content (AvgIpc) is 3.01. The lowest BCUT2D eigenvalue weighted by atomic mass is 9.95. The lowest BCUT2D eigenvalue weighted by Crippen LogP contribution is -2.53. The van der Waals surface area contributed by atoms with Gasteiger partial charge in [0.25, 0.3) is 0 Å². The zero-order valence-corrected chi connectivity index (χ0v) is 14.2. The van der Waals surface area contributed by atoms with Gasteiger partial charge >= 0.3 is 6.03 Å². The van der Waals surface area contributed by atoms with Gasteiger partial charge in [0.1, 0.15) is 0 Å². The Hall–Kier alpha value is -1.30. The smallest absolute Gasteiger partial charge is 0.317 e. The summed E-state index contributed by atoms with van der Waals surface area (Å²) >= 11 is 0. The van der Waals surface area contributed by atoms with Gasteiger partial charge in [0.15, 0.2) is 0 Å². The summed E-state index contributed by atoms with van der Waals surface area (Å²) in [7, 11) is 0. The van der Waals surface area contributed by atoms with E-state index in [1.165, 1.54) is 19.3 Å². The molecule has 1 atom stereocenters. The molecule has 2 aliphatic heterocycles. The highest BCUT2D eigenvalue weighted by Crippen LogP contribution is 2.21. The number of carbonyl (C=O) groups is 2. The van der Waals surface area contributed by atoms with Crippen LogP contribution in [0.5, 0.6) is 0 Å². The molecule has 0 spiro atoms. The van der Waals surface area contributed by atoms with Crippen LogP contribution < -0.4 is 10.6 Å². The fourth-order valence-corrected chi connectivity index (χ4v) is 4.15. The van der Waals surface area contributed by atoms with Crippen LogP contribution in [0.4, 0.5) is 4.79 Å². The van der Waals surface area contributed by atoms with Gasteiger partial charge < -0.3 is 15.5 Å². The number of urea groups is 1. The van der Waals surface area contributed by atoms with Gasteiger partial charge in [-0.2, -0.15) is 0 Å². The van der Waals surface area contributed by atoms with Crippen molar-refractivity contribution >= 4 is 11.9 Å². The third kappa shape index (κ3) is 3.97. The second kappa shape index (κ2) is 7.51. The zero-order valence-electron chi connectivity index (χ0n) is 14.2. The Balaban J connectivity index is 1.44. The van der Waals surface area contributed by atoms with Crippen molar-refractivity contribution in [3.63, 3.8) is 0 Å². The second-order valence-electron chi connectivity index (χ2n) is 7.21. The van der Waals surface area contributed by atoms with Gasteiger partial charge in [-0.05, 0) is 32.6 Å². The predicted octanol–water partition coefficient (Wildman–Crippen LogP) is 1.31. The Morgan fingerprint density at radius 1 is 1.13 bits per heavy atom. The first kappa shape index (κ1) is 16.6. The molecule has 3 amide bonds. The van der Waals surface area contributed by atoms with Crippen molar-refractivity contribution in [3.8, 4) is 0 Å². The first-order valence-corrected chi connectivity index (χ1v) is 9.24. The standard InChI is InChI=1S/C17H30N4O2/c1-13(16(22)19-14-5-3-2-4-6-14)20-10-7-15(8-11-20)21-12-9-18-17(21)23/h13-15H,2-12H2,1H3,(H,18,23)(H,19,22). The van der Waals surface area contributed by atoms with E-state index in [2.05, 4.69) is 15.5 Å². The predicted molar refractivity (Wildman–Crippen MR) is 89.2 cm³/mol. The van der Waals surface area contributed by atoms with Gasteiger partial charge in [-0.25, -0.2) is 4.79 Å². The SMILES string of the molecule is CC(C(=O)NC1CCCCC1)N1CCC(N2CCNC2=O)CC1. The summed E-state index contributed by atoms with van der Waals surface area (Å²) in [5.41, 5.74) is 0. The molecule has 1 aliphatic carbocycles. The van der Waals surface area contributed by atoms with E-state index in [0.717, 1.165) is 51.9 Å². The summed E-state index contributed by atoms with van der Waals surface area (Å²) in [5.74, 6) is 0.175. The van der Waals surface area contributed by atoms with E-state index in [9.17, 15) is 9.59 Å². The topological polar surface area (TPSA) is 64.7 Å². The fourth-order valence-electron chi connectivity index (χ4n) is 4.15. The molecule has 6 nitrogen and oxygen atoms in total. The number of rotatable bonds is 4. The van der Waals surface area contributed by atoms with Crippen molar-refractivity contribution in [2.45, 2.75) is 70.0 Å². The molecule has 3 rings (SSSR count). The van der Waals surface area contributed by atoms with E-state index in [1.54, 1.807) is 0 Å². The van der Waals surface area contributed by atoms with Gasteiger partial charge in [0.2, 0.25) is 5.91 Å². The van der Waals surface area contributed by atoms with Crippen molar-refractivity contribution in [2.75, 3.05) is 26.2 Å². The molecule has 130 valence electrons. The van der Waals surface area contributed by atoms with Gasteiger partial charge in [0, 0.05) is 38.3 Å². The van der Waals surface area contributed by atoms with E-state index >= 15 is 0 Å². The number of likely N-dealkylation sites (tertiary alicyclic amines) is 1. The maximum Gasteiger partial charge on any atom is 0.317 e. The monoisotopic (exact) mass is 322 g/mol. The number of nitrogens with zero attached hydrogens (tertiary/aromatic N) is 2. The van der Waals surface area contributed by atoms with E-state index in [-0.39, 0.29) is 18.0 Å².